The summed E-state index contributed by atoms with van der Waals surface area (Å²) in [5.41, 5.74) is 1.59. The lowest BCUT2D eigenvalue weighted by Gasteiger charge is -2.24. The Bertz CT molecular complexity index is 1050. The summed E-state index contributed by atoms with van der Waals surface area (Å²) in [7, 11) is 0. The maximum Gasteiger partial charge on any atom is 0.313 e. The molecule has 1 aromatic carbocycles. The number of hydrogen-bond donors (Lipinski definition) is 0. The first kappa shape index (κ1) is 16.6. The molecule has 7 heteroatoms. The third kappa shape index (κ3) is 3.28. The van der Waals surface area contributed by atoms with E-state index in [1.165, 1.54) is 10.5 Å². The average molecular weight is 371 g/mol. The number of aromatic nitrogens is 2. The van der Waals surface area contributed by atoms with Crippen LogP contribution in [-0.2, 0) is 22.6 Å². The Morgan fingerprint density at radius 2 is 2.19 bits per heavy atom. The van der Waals surface area contributed by atoms with E-state index in [-0.39, 0.29) is 24.7 Å². The molecule has 0 saturated heterocycles. The summed E-state index contributed by atoms with van der Waals surface area (Å²) in [5, 5.41) is 0.599. The molecule has 0 spiro atoms. The van der Waals surface area contributed by atoms with Gasteiger partial charge in [0.1, 0.15) is 24.6 Å². The Morgan fingerprint density at radius 1 is 1.31 bits per heavy atom. The summed E-state index contributed by atoms with van der Waals surface area (Å²) in [6.07, 6.45) is 2.14. The molecule has 1 atom stereocenters. The van der Waals surface area contributed by atoms with Gasteiger partial charge in [-0.1, -0.05) is 17.7 Å². The summed E-state index contributed by atoms with van der Waals surface area (Å²) in [5.74, 6) is -0.0594. The van der Waals surface area contributed by atoms with E-state index in [0.29, 0.717) is 22.8 Å². The van der Waals surface area contributed by atoms with E-state index < -0.39 is 5.92 Å². The number of carbonyl (C=O) groups excluding carboxylic acids is 1. The van der Waals surface area contributed by atoms with Crippen molar-refractivity contribution >= 4 is 23.2 Å². The SMILES string of the molecule is O=C(OCc1cc(=O)n2ccccc2n1)C1COc2ccc(Cl)cc2C1. The smallest absolute Gasteiger partial charge is 0.313 e. The number of ether oxygens (including phenoxy) is 2. The zero-order valence-electron chi connectivity index (χ0n) is 13.7. The third-order valence-electron chi connectivity index (χ3n) is 4.25. The van der Waals surface area contributed by atoms with Crippen molar-refractivity contribution in [2.24, 2.45) is 5.92 Å². The van der Waals surface area contributed by atoms with Crippen LogP contribution in [0.25, 0.3) is 5.65 Å². The Balaban J connectivity index is 1.45. The van der Waals surface area contributed by atoms with Gasteiger partial charge >= 0.3 is 5.97 Å². The molecule has 1 aliphatic rings. The molecular weight excluding hydrogens is 356 g/mol. The van der Waals surface area contributed by atoms with Crippen molar-refractivity contribution in [3.63, 3.8) is 0 Å². The van der Waals surface area contributed by atoms with Gasteiger partial charge in [0, 0.05) is 17.3 Å². The average Bonchev–Trinajstić information content (AvgIpc) is 2.65. The predicted octanol–water partition coefficient (Wildman–Crippen LogP) is 2.64. The molecular formula is C19H15ClN2O4. The van der Waals surface area contributed by atoms with Crippen molar-refractivity contribution < 1.29 is 14.3 Å². The van der Waals surface area contributed by atoms with Crippen LogP contribution in [0.1, 0.15) is 11.3 Å². The van der Waals surface area contributed by atoms with Crippen LogP contribution in [0.4, 0.5) is 0 Å². The van der Waals surface area contributed by atoms with E-state index in [4.69, 9.17) is 21.1 Å². The normalized spacial score (nSPS) is 16.0. The highest BCUT2D eigenvalue weighted by molar-refractivity contribution is 6.30. The number of fused-ring (bicyclic) bond motifs is 2. The number of carbonyl (C=O) groups is 1. The molecule has 26 heavy (non-hydrogen) atoms. The van der Waals surface area contributed by atoms with Gasteiger partial charge in [0.2, 0.25) is 0 Å². The minimum Gasteiger partial charge on any atom is -0.492 e. The van der Waals surface area contributed by atoms with E-state index in [0.717, 1.165) is 11.3 Å². The van der Waals surface area contributed by atoms with Gasteiger partial charge in [-0.05, 0) is 42.3 Å². The first-order valence-corrected chi connectivity index (χ1v) is 8.53. The number of halogens is 1. The van der Waals surface area contributed by atoms with Crippen molar-refractivity contribution in [3.8, 4) is 5.75 Å². The molecule has 3 heterocycles. The van der Waals surface area contributed by atoms with Gasteiger partial charge in [-0.25, -0.2) is 4.98 Å². The standard InChI is InChI=1S/C19H15ClN2O4/c20-14-4-5-16-12(8-14)7-13(10-25-16)19(24)26-11-15-9-18(23)22-6-2-1-3-17(22)21-15/h1-6,8-9,13H,7,10-11H2. The maximum absolute atomic E-state index is 12.4. The second-order valence-electron chi connectivity index (χ2n) is 6.09. The van der Waals surface area contributed by atoms with E-state index in [1.54, 1.807) is 42.6 Å². The predicted molar refractivity (Wildman–Crippen MR) is 95.4 cm³/mol. The lowest BCUT2D eigenvalue weighted by atomic mass is 9.97. The molecule has 0 N–H and O–H groups in total. The number of hydrogen-bond acceptors (Lipinski definition) is 5. The Hall–Kier alpha value is -2.86. The highest BCUT2D eigenvalue weighted by Gasteiger charge is 2.27. The number of benzene rings is 1. The summed E-state index contributed by atoms with van der Waals surface area (Å²) in [6, 6.07) is 12.0. The fourth-order valence-electron chi connectivity index (χ4n) is 2.95. The summed E-state index contributed by atoms with van der Waals surface area (Å²) in [4.78, 5) is 28.8. The van der Waals surface area contributed by atoms with Crippen molar-refractivity contribution in [3.05, 3.63) is 75.3 Å². The van der Waals surface area contributed by atoms with Gasteiger partial charge in [-0.2, -0.15) is 0 Å². The van der Waals surface area contributed by atoms with Crippen LogP contribution in [0.5, 0.6) is 5.75 Å². The highest BCUT2D eigenvalue weighted by Crippen LogP contribution is 2.30. The van der Waals surface area contributed by atoms with Gasteiger partial charge in [-0.15, -0.1) is 0 Å². The minimum absolute atomic E-state index is 0.0572. The summed E-state index contributed by atoms with van der Waals surface area (Å²) in [6.45, 7) is 0.194. The van der Waals surface area contributed by atoms with E-state index in [9.17, 15) is 9.59 Å². The molecule has 0 saturated carbocycles. The quantitative estimate of drug-likeness (QED) is 0.663. The van der Waals surface area contributed by atoms with Crippen LogP contribution < -0.4 is 10.3 Å². The largest absolute Gasteiger partial charge is 0.492 e. The Morgan fingerprint density at radius 3 is 3.08 bits per heavy atom. The molecule has 6 nitrogen and oxygen atoms in total. The van der Waals surface area contributed by atoms with Gasteiger partial charge in [0.25, 0.3) is 5.56 Å². The summed E-state index contributed by atoms with van der Waals surface area (Å²) >= 11 is 6.00. The van der Waals surface area contributed by atoms with Gasteiger partial charge in [0.05, 0.1) is 11.6 Å². The fraction of sp³-hybridized carbons (Fsp3) is 0.211. The van der Waals surface area contributed by atoms with Crippen molar-refractivity contribution in [1.29, 1.82) is 0 Å². The minimum atomic E-state index is -0.414. The second-order valence-corrected chi connectivity index (χ2v) is 6.52. The summed E-state index contributed by atoms with van der Waals surface area (Å²) < 4.78 is 12.4. The number of esters is 1. The molecule has 0 aliphatic carbocycles. The maximum atomic E-state index is 12.4. The molecule has 0 fully saturated rings. The van der Waals surface area contributed by atoms with Gasteiger partial charge < -0.3 is 9.47 Å². The monoisotopic (exact) mass is 370 g/mol. The van der Waals surface area contributed by atoms with E-state index in [1.807, 2.05) is 0 Å². The lowest BCUT2D eigenvalue weighted by molar-refractivity contribution is -0.151. The van der Waals surface area contributed by atoms with Crippen LogP contribution in [0.2, 0.25) is 5.02 Å². The zero-order valence-corrected chi connectivity index (χ0v) is 14.5. The van der Waals surface area contributed by atoms with E-state index >= 15 is 0 Å². The zero-order chi connectivity index (χ0) is 18.1. The molecule has 1 aliphatic heterocycles. The van der Waals surface area contributed by atoms with Crippen LogP contribution >= 0.6 is 11.6 Å². The molecule has 0 amide bonds. The molecule has 0 radical (unpaired) electrons. The molecule has 0 bridgehead atoms. The van der Waals surface area contributed by atoms with Crippen LogP contribution in [0.3, 0.4) is 0 Å². The first-order valence-electron chi connectivity index (χ1n) is 8.15. The molecule has 4 rings (SSSR count). The van der Waals surface area contributed by atoms with Crippen LogP contribution in [0.15, 0.2) is 53.5 Å². The van der Waals surface area contributed by atoms with Crippen LogP contribution in [-0.4, -0.2) is 22.0 Å². The fourth-order valence-corrected chi connectivity index (χ4v) is 3.15. The third-order valence-corrected chi connectivity index (χ3v) is 4.48. The van der Waals surface area contributed by atoms with Crippen molar-refractivity contribution in [2.75, 3.05) is 6.61 Å². The van der Waals surface area contributed by atoms with Crippen LogP contribution in [0, 0.1) is 5.92 Å². The molecule has 2 aromatic heterocycles. The Kier molecular flexibility index (Phi) is 4.34. The second kappa shape index (κ2) is 6.80. The molecule has 3 aromatic rings. The first-order chi connectivity index (χ1) is 12.6. The van der Waals surface area contributed by atoms with Crippen molar-refractivity contribution in [1.82, 2.24) is 9.38 Å². The lowest BCUT2D eigenvalue weighted by Crippen LogP contribution is -2.30. The number of pyridine rings is 1. The highest BCUT2D eigenvalue weighted by atomic mass is 35.5. The van der Waals surface area contributed by atoms with E-state index in [2.05, 4.69) is 4.98 Å². The molecule has 132 valence electrons. The number of nitrogens with zero attached hydrogens (tertiary/aromatic N) is 2. The topological polar surface area (TPSA) is 69.9 Å². The van der Waals surface area contributed by atoms with Crippen molar-refractivity contribution in [2.45, 2.75) is 13.0 Å². The van der Waals surface area contributed by atoms with Gasteiger partial charge in [-0.3, -0.25) is 14.0 Å². The van der Waals surface area contributed by atoms with Gasteiger partial charge in [0.15, 0.2) is 0 Å². The number of rotatable bonds is 3. The molecule has 1 unspecified atom stereocenters. The Labute approximate surface area is 154 Å².